The minimum Gasteiger partial charge on any atom is -0.496 e. The van der Waals surface area contributed by atoms with Gasteiger partial charge in [0.2, 0.25) is 4.77 Å². The van der Waals surface area contributed by atoms with Crippen LogP contribution >= 0.6 is 12.2 Å². The monoisotopic (exact) mass is 354 g/mol. The number of nitrogens with zero attached hydrogens (tertiary/aromatic N) is 3. The molecule has 7 heteroatoms. The summed E-state index contributed by atoms with van der Waals surface area (Å²) in [6.45, 7) is 2.59. The second kappa shape index (κ2) is 7.76. The number of aromatic nitrogens is 3. The predicted octanol–water partition coefficient (Wildman–Crippen LogP) is 3.90. The van der Waals surface area contributed by atoms with E-state index in [1.807, 2.05) is 55.5 Å². The van der Waals surface area contributed by atoms with Crippen molar-refractivity contribution in [2.75, 3.05) is 13.7 Å². The van der Waals surface area contributed by atoms with E-state index in [9.17, 15) is 0 Å². The molecule has 1 heterocycles. The van der Waals surface area contributed by atoms with Crippen LogP contribution in [0.2, 0.25) is 0 Å². The molecule has 0 saturated carbocycles. The third-order valence-corrected chi connectivity index (χ3v) is 3.78. The number of ether oxygens (including phenoxy) is 2. The lowest BCUT2D eigenvalue weighted by Gasteiger charge is -2.07. The quantitative estimate of drug-likeness (QED) is 0.539. The van der Waals surface area contributed by atoms with Gasteiger partial charge in [0, 0.05) is 0 Å². The van der Waals surface area contributed by atoms with E-state index in [1.165, 1.54) is 0 Å². The molecule has 0 fully saturated rings. The first kappa shape index (κ1) is 16.9. The van der Waals surface area contributed by atoms with Crippen molar-refractivity contribution in [2.45, 2.75) is 6.92 Å². The van der Waals surface area contributed by atoms with Gasteiger partial charge >= 0.3 is 0 Å². The van der Waals surface area contributed by atoms with Gasteiger partial charge in [0.1, 0.15) is 11.5 Å². The molecule has 0 spiro atoms. The Hall–Kier alpha value is -2.93. The van der Waals surface area contributed by atoms with E-state index in [2.05, 4.69) is 15.3 Å². The van der Waals surface area contributed by atoms with Gasteiger partial charge in [-0.25, -0.2) is 5.10 Å². The highest BCUT2D eigenvalue weighted by Crippen LogP contribution is 2.28. The van der Waals surface area contributed by atoms with Crippen molar-refractivity contribution >= 4 is 18.4 Å². The summed E-state index contributed by atoms with van der Waals surface area (Å²) in [4.78, 5) is 0. The number of H-pyrrole nitrogens is 1. The molecule has 128 valence electrons. The molecule has 0 saturated heterocycles. The summed E-state index contributed by atoms with van der Waals surface area (Å²) < 4.78 is 12.8. The summed E-state index contributed by atoms with van der Waals surface area (Å²) in [5.74, 6) is 2.12. The number of benzene rings is 2. The summed E-state index contributed by atoms with van der Waals surface area (Å²) in [6, 6.07) is 15.3. The molecular weight excluding hydrogens is 336 g/mol. The molecule has 0 aliphatic heterocycles. The van der Waals surface area contributed by atoms with E-state index in [4.69, 9.17) is 21.7 Å². The van der Waals surface area contributed by atoms with Gasteiger partial charge in [-0.3, -0.25) is 0 Å². The average Bonchev–Trinajstić information content (AvgIpc) is 3.02. The predicted molar refractivity (Wildman–Crippen MR) is 100 cm³/mol. The maximum Gasteiger partial charge on any atom is 0.216 e. The number of methoxy groups -OCH3 is 1. The number of hydrogen-bond acceptors (Lipinski definition) is 5. The Labute approximate surface area is 150 Å². The van der Waals surface area contributed by atoms with Crippen LogP contribution in [0.4, 0.5) is 0 Å². The van der Waals surface area contributed by atoms with Crippen LogP contribution in [-0.4, -0.2) is 34.8 Å². The van der Waals surface area contributed by atoms with E-state index in [0.29, 0.717) is 23.0 Å². The summed E-state index contributed by atoms with van der Waals surface area (Å²) >= 11 is 5.29. The van der Waals surface area contributed by atoms with Crippen LogP contribution in [-0.2, 0) is 0 Å². The van der Waals surface area contributed by atoms with E-state index < -0.39 is 0 Å². The van der Waals surface area contributed by atoms with Gasteiger partial charge in [-0.05, 0) is 61.1 Å². The highest BCUT2D eigenvalue weighted by atomic mass is 32.1. The van der Waals surface area contributed by atoms with Gasteiger partial charge in [0.15, 0.2) is 5.82 Å². The van der Waals surface area contributed by atoms with Crippen LogP contribution in [0.5, 0.6) is 11.5 Å². The van der Waals surface area contributed by atoms with Crippen molar-refractivity contribution in [3.8, 4) is 22.9 Å². The number of rotatable bonds is 6. The molecule has 1 aromatic heterocycles. The first-order valence-corrected chi connectivity index (χ1v) is 8.21. The smallest absolute Gasteiger partial charge is 0.216 e. The zero-order valence-corrected chi connectivity index (χ0v) is 14.8. The van der Waals surface area contributed by atoms with E-state index in [0.717, 1.165) is 16.9 Å². The number of nitrogens with one attached hydrogen (secondary N) is 1. The Morgan fingerprint density at radius 1 is 1.20 bits per heavy atom. The minimum absolute atomic E-state index is 0.406. The molecule has 2 aromatic carbocycles. The van der Waals surface area contributed by atoms with Crippen molar-refractivity contribution < 1.29 is 9.47 Å². The van der Waals surface area contributed by atoms with Gasteiger partial charge in [-0.15, -0.1) is 0 Å². The lowest BCUT2D eigenvalue weighted by Crippen LogP contribution is -1.97. The molecule has 0 bridgehead atoms. The first-order valence-electron chi connectivity index (χ1n) is 7.81. The molecule has 0 amide bonds. The maximum absolute atomic E-state index is 5.44. The minimum atomic E-state index is 0.406. The number of hydrogen-bond donors (Lipinski definition) is 1. The van der Waals surface area contributed by atoms with Gasteiger partial charge in [0.25, 0.3) is 0 Å². The topological polar surface area (TPSA) is 64.4 Å². The van der Waals surface area contributed by atoms with Crippen LogP contribution < -0.4 is 9.47 Å². The van der Waals surface area contributed by atoms with Crippen molar-refractivity contribution in [1.29, 1.82) is 0 Å². The van der Waals surface area contributed by atoms with E-state index >= 15 is 0 Å². The molecule has 0 unspecified atom stereocenters. The fraction of sp³-hybridized carbons (Fsp3) is 0.167. The van der Waals surface area contributed by atoms with Gasteiger partial charge in [-0.1, -0.05) is 12.1 Å². The SMILES string of the molecule is CCOc1ccc(/C=N\n2c(-c3ccccc3OC)n[nH]c2=S)cc1. The third kappa shape index (κ3) is 3.77. The van der Waals surface area contributed by atoms with Gasteiger partial charge in [-0.2, -0.15) is 14.9 Å². The summed E-state index contributed by atoms with van der Waals surface area (Å²) in [6.07, 6.45) is 1.72. The molecule has 0 atom stereocenters. The van der Waals surface area contributed by atoms with E-state index in [1.54, 1.807) is 18.0 Å². The molecule has 1 N–H and O–H groups in total. The second-order valence-electron chi connectivity index (χ2n) is 5.11. The highest BCUT2D eigenvalue weighted by Gasteiger charge is 2.12. The molecule has 6 nitrogen and oxygen atoms in total. The zero-order valence-electron chi connectivity index (χ0n) is 14.0. The van der Waals surface area contributed by atoms with Crippen molar-refractivity contribution in [1.82, 2.24) is 14.9 Å². The Morgan fingerprint density at radius 3 is 2.68 bits per heavy atom. The zero-order chi connectivity index (χ0) is 17.6. The van der Waals surface area contributed by atoms with Crippen LogP contribution in [0.1, 0.15) is 12.5 Å². The largest absolute Gasteiger partial charge is 0.496 e. The Kier molecular flexibility index (Phi) is 5.25. The summed E-state index contributed by atoms with van der Waals surface area (Å²) in [5.41, 5.74) is 1.73. The standard InChI is InChI=1S/C18H18N4O2S/c1-3-24-14-10-8-13(9-11-14)12-19-22-17(20-21-18(22)25)15-6-4-5-7-16(15)23-2/h4-12H,3H2,1-2H3,(H,21,25)/b19-12-. The van der Waals surface area contributed by atoms with Crippen LogP contribution in [0.25, 0.3) is 11.4 Å². The number of para-hydroxylation sites is 1. The van der Waals surface area contributed by atoms with Crippen LogP contribution in [0, 0.1) is 4.77 Å². The summed E-state index contributed by atoms with van der Waals surface area (Å²) in [5, 5.41) is 11.5. The van der Waals surface area contributed by atoms with Crippen LogP contribution in [0.3, 0.4) is 0 Å². The first-order chi connectivity index (χ1) is 12.2. The Balaban J connectivity index is 1.93. The van der Waals surface area contributed by atoms with Gasteiger partial charge < -0.3 is 9.47 Å². The van der Waals surface area contributed by atoms with Crippen molar-refractivity contribution in [3.05, 3.63) is 58.9 Å². The number of aromatic amines is 1. The molecule has 25 heavy (non-hydrogen) atoms. The van der Waals surface area contributed by atoms with E-state index in [-0.39, 0.29) is 0 Å². The molecule has 3 rings (SSSR count). The van der Waals surface area contributed by atoms with Crippen molar-refractivity contribution in [2.24, 2.45) is 5.10 Å². The Bertz CT molecular complexity index is 929. The molecule has 3 aromatic rings. The Morgan fingerprint density at radius 2 is 1.96 bits per heavy atom. The molecular formula is C18H18N4O2S. The molecule has 0 aliphatic rings. The molecule has 0 radical (unpaired) electrons. The fourth-order valence-corrected chi connectivity index (χ4v) is 2.52. The lowest BCUT2D eigenvalue weighted by molar-refractivity contribution is 0.340. The highest BCUT2D eigenvalue weighted by molar-refractivity contribution is 7.71. The molecule has 0 aliphatic carbocycles. The average molecular weight is 354 g/mol. The maximum atomic E-state index is 5.44. The lowest BCUT2D eigenvalue weighted by atomic mass is 10.2. The van der Waals surface area contributed by atoms with Gasteiger partial charge in [0.05, 0.1) is 25.5 Å². The van der Waals surface area contributed by atoms with Crippen molar-refractivity contribution in [3.63, 3.8) is 0 Å². The fourth-order valence-electron chi connectivity index (χ4n) is 2.34. The normalized spacial score (nSPS) is 11.0. The second-order valence-corrected chi connectivity index (χ2v) is 5.50. The summed E-state index contributed by atoms with van der Waals surface area (Å²) in [7, 11) is 1.62. The third-order valence-electron chi connectivity index (χ3n) is 3.51. The van der Waals surface area contributed by atoms with Crippen LogP contribution in [0.15, 0.2) is 53.6 Å².